The minimum Gasteiger partial charge on any atom is -0.481 e. The third kappa shape index (κ3) is 3.29. The van der Waals surface area contributed by atoms with Crippen LogP contribution in [0.2, 0.25) is 0 Å². The molecule has 0 radical (unpaired) electrons. The average molecular weight is 255 g/mol. The summed E-state index contributed by atoms with van der Waals surface area (Å²) in [4.78, 5) is 12.1. The van der Waals surface area contributed by atoms with E-state index in [2.05, 4.69) is 6.58 Å². The van der Waals surface area contributed by atoms with Crippen molar-refractivity contribution in [2.75, 3.05) is 18.0 Å². The van der Waals surface area contributed by atoms with Gasteiger partial charge in [-0.05, 0) is 12.1 Å². The van der Waals surface area contributed by atoms with Crippen molar-refractivity contribution >= 4 is 11.7 Å². The zero-order chi connectivity index (χ0) is 13.7. The number of anilines is 1. The Balaban J connectivity index is 3.04. The van der Waals surface area contributed by atoms with Crippen molar-refractivity contribution in [2.24, 2.45) is 5.92 Å². The number of para-hydroxylation sites is 1. The molecule has 0 bridgehead atoms. The number of hydrogen-bond acceptors (Lipinski definition) is 2. The Hall–Kier alpha value is -1.91. The van der Waals surface area contributed by atoms with Gasteiger partial charge in [0.25, 0.3) is 0 Å². The molecular formula is C13H15F2NO2. The largest absolute Gasteiger partial charge is 0.481 e. The van der Waals surface area contributed by atoms with Crippen LogP contribution in [0.5, 0.6) is 0 Å². The number of benzene rings is 1. The fourth-order valence-electron chi connectivity index (χ4n) is 1.61. The van der Waals surface area contributed by atoms with Gasteiger partial charge in [-0.25, -0.2) is 8.78 Å². The Morgan fingerprint density at radius 2 is 2.06 bits per heavy atom. The highest BCUT2D eigenvalue weighted by Crippen LogP contribution is 2.24. The van der Waals surface area contributed by atoms with E-state index in [0.717, 1.165) is 12.1 Å². The molecule has 0 aliphatic heterocycles. The fourth-order valence-corrected chi connectivity index (χ4v) is 1.61. The first kappa shape index (κ1) is 14.2. The molecule has 1 aromatic rings. The molecule has 18 heavy (non-hydrogen) atoms. The maximum Gasteiger partial charge on any atom is 0.308 e. The number of aliphatic carboxylic acids is 1. The molecule has 0 fully saturated rings. The van der Waals surface area contributed by atoms with Gasteiger partial charge in [-0.3, -0.25) is 4.79 Å². The van der Waals surface area contributed by atoms with Crippen molar-refractivity contribution in [1.82, 2.24) is 0 Å². The summed E-state index contributed by atoms with van der Waals surface area (Å²) >= 11 is 0. The van der Waals surface area contributed by atoms with Crippen LogP contribution in [0.3, 0.4) is 0 Å². The highest BCUT2D eigenvalue weighted by atomic mass is 19.1. The standard InChI is InChI=1S/C13H15F2NO2/c1-3-7-16(8-9(2)13(17)18)12-10(14)5-4-6-11(12)15/h3-6,9H,1,7-8H2,2H3,(H,17,18). The van der Waals surface area contributed by atoms with Crippen LogP contribution in [0.4, 0.5) is 14.5 Å². The molecule has 5 heteroatoms. The molecule has 1 aromatic carbocycles. The number of halogens is 2. The maximum absolute atomic E-state index is 13.6. The van der Waals surface area contributed by atoms with Crippen LogP contribution in [0.25, 0.3) is 0 Å². The monoisotopic (exact) mass is 255 g/mol. The van der Waals surface area contributed by atoms with Gasteiger partial charge >= 0.3 is 5.97 Å². The van der Waals surface area contributed by atoms with Gasteiger partial charge in [0.05, 0.1) is 5.92 Å². The predicted molar refractivity (Wildman–Crippen MR) is 65.6 cm³/mol. The van der Waals surface area contributed by atoms with E-state index in [-0.39, 0.29) is 18.8 Å². The van der Waals surface area contributed by atoms with Crippen LogP contribution >= 0.6 is 0 Å². The first-order chi connectivity index (χ1) is 8.47. The first-order valence-electron chi connectivity index (χ1n) is 5.50. The van der Waals surface area contributed by atoms with Gasteiger partial charge in [-0.2, -0.15) is 0 Å². The Morgan fingerprint density at radius 3 is 2.50 bits per heavy atom. The molecule has 0 amide bonds. The van der Waals surface area contributed by atoms with Crippen LogP contribution in [-0.2, 0) is 4.79 Å². The lowest BCUT2D eigenvalue weighted by atomic mass is 10.1. The van der Waals surface area contributed by atoms with E-state index in [1.807, 2.05) is 0 Å². The number of hydrogen-bond donors (Lipinski definition) is 1. The molecule has 0 saturated carbocycles. The predicted octanol–water partition coefficient (Wildman–Crippen LogP) is 2.68. The van der Waals surface area contributed by atoms with Crippen molar-refractivity contribution in [3.05, 3.63) is 42.5 Å². The van der Waals surface area contributed by atoms with Gasteiger partial charge in [0.2, 0.25) is 0 Å². The van der Waals surface area contributed by atoms with Crippen LogP contribution in [0, 0.1) is 17.6 Å². The van der Waals surface area contributed by atoms with Crippen molar-refractivity contribution in [3.8, 4) is 0 Å². The molecule has 3 nitrogen and oxygen atoms in total. The van der Waals surface area contributed by atoms with Gasteiger partial charge in [0.1, 0.15) is 17.3 Å². The Bertz CT molecular complexity index is 428. The minimum atomic E-state index is -1.01. The van der Waals surface area contributed by atoms with E-state index in [4.69, 9.17) is 5.11 Å². The van der Waals surface area contributed by atoms with Gasteiger partial charge in [0, 0.05) is 13.1 Å². The van der Waals surface area contributed by atoms with Gasteiger partial charge in [0.15, 0.2) is 0 Å². The molecule has 1 N–H and O–H groups in total. The summed E-state index contributed by atoms with van der Waals surface area (Å²) in [6.07, 6.45) is 1.47. The summed E-state index contributed by atoms with van der Waals surface area (Å²) in [7, 11) is 0. The molecule has 98 valence electrons. The van der Waals surface area contributed by atoms with Crippen LogP contribution in [0.15, 0.2) is 30.9 Å². The smallest absolute Gasteiger partial charge is 0.308 e. The number of rotatable bonds is 6. The highest BCUT2D eigenvalue weighted by molar-refractivity contribution is 5.70. The molecule has 0 saturated heterocycles. The fraction of sp³-hybridized carbons (Fsp3) is 0.308. The zero-order valence-electron chi connectivity index (χ0n) is 10.1. The zero-order valence-corrected chi connectivity index (χ0v) is 10.1. The van der Waals surface area contributed by atoms with Crippen LogP contribution in [-0.4, -0.2) is 24.2 Å². The summed E-state index contributed by atoms with van der Waals surface area (Å²) in [5, 5.41) is 8.84. The second-order valence-electron chi connectivity index (χ2n) is 4.00. The molecule has 0 aliphatic carbocycles. The van der Waals surface area contributed by atoms with Crippen LogP contribution < -0.4 is 4.90 Å². The van der Waals surface area contributed by atoms with Crippen molar-refractivity contribution in [2.45, 2.75) is 6.92 Å². The second kappa shape index (κ2) is 6.14. The van der Waals surface area contributed by atoms with Gasteiger partial charge in [-0.1, -0.05) is 19.1 Å². The molecule has 1 rings (SSSR count). The molecule has 0 aromatic heterocycles. The van der Waals surface area contributed by atoms with E-state index in [1.165, 1.54) is 24.0 Å². The quantitative estimate of drug-likeness (QED) is 0.794. The SMILES string of the molecule is C=CCN(CC(C)C(=O)O)c1c(F)cccc1F. The topological polar surface area (TPSA) is 40.5 Å². The number of carboxylic acids is 1. The molecule has 1 unspecified atom stereocenters. The highest BCUT2D eigenvalue weighted by Gasteiger charge is 2.20. The van der Waals surface area contributed by atoms with E-state index >= 15 is 0 Å². The number of carboxylic acid groups (broad SMARTS) is 1. The molecule has 1 atom stereocenters. The molecule has 0 aliphatic rings. The lowest BCUT2D eigenvalue weighted by molar-refractivity contribution is -0.140. The molecule has 0 heterocycles. The third-order valence-corrected chi connectivity index (χ3v) is 2.52. The summed E-state index contributed by atoms with van der Waals surface area (Å²) in [5.74, 6) is -3.17. The minimum absolute atomic E-state index is 0.0131. The van der Waals surface area contributed by atoms with Crippen molar-refractivity contribution in [1.29, 1.82) is 0 Å². The lowest BCUT2D eigenvalue weighted by Crippen LogP contribution is -2.33. The lowest BCUT2D eigenvalue weighted by Gasteiger charge is -2.26. The number of nitrogens with zero attached hydrogens (tertiary/aromatic N) is 1. The summed E-state index contributed by atoms with van der Waals surface area (Å²) in [6.45, 7) is 5.18. The van der Waals surface area contributed by atoms with E-state index in [0.29, 0.717) is 0 Å². The van der Waals surface area contributed by atoms with Gasteiger partial charge in [-0.15, -0.1) is 6.58 Å². The summed E-state index contributed by atoms with van der Waals surface area (Å²) < 4.78 is 27.2. The summed E-state index contributed by atoms with van der Waals surface area (Å²) in [6, 6.07) is 3.54. The molecule has 0 spiro atoms. The Labute approximate surface area is 104 Å². The maximum atomic E-state index is 13.6. The number of carbonyl (C=O) groups is 1. The second-order valence-corrected chi connectivity index (χ2v) is 4.00. The normalized spacial score (nSPS) is 11.9. The van der Waals surface area contributed by atoms with E-state index < -0.39 is 23.5 Å². The Kier molecular flexibility index (Phi) is 4.83. The van der Waals surface area contributed by atoms with Crippen molar-refractivity contribution < 1.29 is 18.7 Å². The van der Waals surface area contributed by atoms with E-state index in [9.17, 15) is 13.6 Å². The summed E-state index contributed by atoms with van der Waals surface area (Å²) in [5.41, 5.74) is -0.217. The van der Waals surface area contributed by atoms with E-state index in [1.54, 1.807) is 0 Å². The molecular weight excluding hydrogens is 240 g/mol. The average Bonchev–Trinajstić information content (AvgIpc) is 2.28. The first-order valence-corrected chi connectivity index (χ1v) is 5.50. The van der Waals surface area contributed by atoms with Gasteiger partial charge < -0.3 is 10.0 Å². The van der Waals surface area contributed by atoms with Crippen LogP contribution in [0.1, 0.15) is 6.92 Å². The Morgan fingerprint density at radius 1 is 1.50 bits per heavy atom. The third-order valence-electron chi connectivity index (χ3n) is 2.52. The van der Waals surface area contributed by atoms with Crippen molar-refractivity contribution in [3.63, 3.8) is 0 Å².